The van der Waals surface area contributed by atoms with E-state index in [1.54, 1.807) is 12.1 Å². The molecule has 1 unspecified atom stereocenters. The first kappa shape index (κ1) is 29.1. The number of hydrogen-bond donors (Lipinski definition) is 2. The van der Waals surface area contributed by atoms with Gasteiger partial charge in [-0.05, 0) is 66.4 Å². The van der Waals surface area contributed by atoms with Crippen LogP contribution < -0.4 is 4.90 Å². The lowest BCUT2D eigenvalue weighted by Gasteiger charge is -2.48. The van der Waals surface area contributed by atoms with E-state index in [-0.39, 0.29) is 31.2 Å². The molecule has 0 bridgehead atoms. The lowest BCUT2D eigenvalue weighted by Crippen LogP contribution is -2.55. The molecule has 0 aromatic heterocycles. The van der Waals surface area contributed by atoms with Crippen LogP contribution in [0.3, 0.4) is 0 Å². The van der Waals surface area contributed by atoms with Gasteiger partial charge in [-0.15, -0.1) is 0 Å². The molecule has 1 amide bonds. The van der Waals surface area contributed by atoms with Gasteiger partial charge >= 0.3 is 0 Å². The molecule has 5 rings (SSSR count). The molecule has 2 aliphatic rings. The van der Waals surface area contributed by atoms with Crippen molar-refractivity contribution in [2.24, 2.45) is 5.92 Å². The standard InChI is InChI=1S/C29H31F2N3O6S/c30-21-4-2-20(3-5-21)26(35)12-11-25-28(34(29(25)37)23-8-6-22(31)7-9-23)24-10-1-19(17-27(24)36)18-32-13-15-33(16-14-32)41(38,39)40/h1-10,17,25-26,28,35-36H,11-16,18H2,(H,38,39,40)/p-1/t25?,26-,28+/m0/s1. The van der Waals surface area contributed by atoms with Crippen molar-refractivity contribution in [3.63, 3.8) is 0 Å². The van der Waals surface area contributed by atoms with E-state index in [9.17, 15) is 36.8 Å². The van der Waals surface area contributed by atoms with Crippen molar-refractivity contribution >= 4 is 21.9 Å². The molecule has 0 saturated carbocycles. The number of aliphatic hydroxyl groups is 1. The number of hydrogen-bond acceptors (Lipinski definition) is 7. The van der Waals surface area contributed by atoms with Gasteiger partial charge in [-0.3, -0.25) is 9.69 Å². The lowest BCUT2D eigenvalue weighted by atomic mass is 9.77. The third-order valence-electron chi connectivity index (χ3n) is 7.79. The van der Waals surface area contributed by atoms with Crippen LogP contribution in [0.5, 0.6) is 5.75 Å². The van der Waals surface area contributed by atoms with Gasteiger partial charge in [0, 0.05) is 44.0 Å². The van der Waals surface area contributed by atoms with Gasteiger partial charge in [0.2, 0.25) is 5.91 Å². The van der Waals surface area contributed by atoms with E-state index >= 15 is 0 Å². The average Bonchev–Trinajstić information content (AvgIpc) is 2.93. The number of phenols is 1. The summed E-state index contributed by atoms with van der Waals surface area (Å²) in [4.78, 5) is 16.8. The molecule has 0 spiro atoms. The molecule has 2 N–H and O–H groups in total. The highest BCUT2D eigenvalue weighted by Crippen LogP contribution is 2.48. The second kappa shape index (κ2) is 11.8. The third kappa shape index (κ3) is 6.41. The van der Waals surface area contributed by atoms with Crippen LogP contribution in [0, 0.1) is 17.6 Å². The maximum atomic E-state index is 13.6. The summed E-state index contributed by atoms with van der Waals surface area (Å²) in [5.74, 6) is -1.67. The summed E-state index contributed by atoms with van der Waals surface area (Å²) in [6.07, 6.45) is -0.370. The first-order chi connectivity index (χ1) is 19.5. The Morgan fingerprint density at radius 2 is 1.54 bits per heavy atom. The molecule has 2 aliphatic heterocycles. The number of anilines is 1. The van der Waals surface area contributed by atoms with Crippen LogP contribution in [0.25, 0.3) is 0 Å². The summed E-state index contributed by atoms with van der Waals surface area (Å²) >= 11 is 0. The van der Waals surface area contributed by atoms with Crippen molar-refractivity contribution in [1.82, 2.24) is 9.21 Å². The largest absolute Gasteiger partial charge is 0.735 e. The molecule has 218 valence electrons. The number of carbonyl (C=O) groups excluding carboxylic acids is 1. The minimum atomic E-state index is -4.48. The number of nitrogens with zero attached hydrogens (tertiary/aromatic N) is 3. The molecular weight excluding hydrogens is 556 g/mol. The van der Waals surface area contributed by atoms with Crippen LogP contribution in [-0.4, -0.2) is 64.5 Å². The third-order valence-corrected chi connectivity index (χ3v) is 8.79. The molecule has 0 radical (unpaired) electrons. The zero-order valence-corrected chi connectivity index (χ0v) is 22.9. The number of rotatable bonds is 9. The van der Waals surface area contributed by atoms with E-state index in [0.717, 1.165) is 9.87 Å². The van der Waals surface area contributed by atoms with Gasteiger partial charge in [0.05, 0.1) is 18.1 Å². The predicted octanol–water partition coefficient (Wildman–Crippen LogP) is 3.47. The summed E-state index contributed by atoms with van der Waals surface area (Å²) in [7, 11) is -4.48. The summed E-state index contributed by atoms with van der Waals surface area (Å²) in [6.45, 7) is 1.37. The summed E-state index contributed by atoms with van der Waals surface area (Å²) in [5, 5.41) is 21.7. The van der Waals surface area contributed by atoms with Crippen molar-refractivity contribution in [3.05, 3.63) is 95.1 Å². The Morgan fingerprint density at radius 1 is 0.927 bits per heavy atom. The van der Waals surface area contributed by atoms with Crippen molar-refractivity contribution in [1.29, 1.82) is 0 Å². The molecule has 2 heterocycles. The van der Waals surface area contributed by atoms with Crippen LogP contribution in [0.4, 0.5) is 14.5 Å². The summed E-state index contributed by atoms with van der Waals surface area (Å²) in [6, 6.07) is 15.6. The Labute approximate surface area is 237 Å². The van der Waals surface area contributed by atoms with Gasteiger partial charge < -0.3 is 19.7 Å². The number of aliphatic hydroxyl groups excluding tert-OH is 1. The maximum Gasteiger partial charge on any atom is 0.233 e. The quantitative estimate of drug-likeness (QED) is 0.291. The minimum absolute atomic E-state index is 0.0306. The van der Waals surface area contributed by atoms with E-state index in [1.807, 2.05) is 11.0 Å². The minimum Gasteiger partial charge on any atom is -0.735 e. The predicted molar refractivity (Wildman–Crippen MR) is 145 cm³/mol. The van der Waals surface area contributed by atoms with Gasteiger partial charge in [0.15, 0.2) is 10.3 Å². The normalized spacial score (nSPS) is 21.1. The van der Waals surface area contributed by atoms with Crippen LogP contribution in [0.1, 0.15) is 41.7 Å². The van der Waals surface area contributed by atoms with Crippen molar-refractivity contribution in [3.8, 4) is 5.75 Å². The van der Waals surface area contributed by atoms with Crippen molar-refractivity contribution in [2.75, 3.05) is 31.1 Å². The van der Waals surface area contributed by atoms with Crippen molar-refractivity contribution < 1.29 is 36.8 Å². The Hall–Kier alpha value is -3.42. The lowest BCUT2D eigenvalue weighted by molar-refractivity contribution is -0.131. The van der Waals surface area contributed by atoms with E-state index < -0.39 is 40.0 Å². The number of phenolic OH excluding ortho intramolecular Hbond substituents is 1. The smallest absolute Gasteiger partial charge is 0.233 e. The number of piperazine rings is 1. The van der Waals surface area contributed by atoms with E-state index in [4.69, 9.17) is 0 Å². The highest BCUT2D eigenvalue weighted by molar-refractivity contribution is 7.83. The van der Waals surface area contributed by atoms with Gasteiger partial charge in [-0.1, -0.05) is 24.3 Å². The number of benzene rings is 3. The molecule has 0 aliphatic carbocycles. The number of aromatic hydroxyl groups is 1. The van der Waals surface area contributed by atoms with Crippen LogP contribution in [0.2, 0.25) is 0 Å². The number of carbonyl (C=O) groups is 1. The fourth-order valence-electron chi connectivity index (χ4n) is 5.57. The van der Waals surface area contributed by atoms with Gasteiger partial charge in [-0.25, -0.2) is 21.5 Å². The molecule has 3 aromatic rings. The number of amides is 1. The first-order valence-corrected chi connectivity index (χ1v) is 14.6. The van der Waals surface area contributed by atoms with E-state index in [1.165, 1.54) is 53.4 Å². The molecule has 9 nitrogen and oxygen atoms in total. The van der Waals surface area contributed by atoms with Crippen LogP contribution in [-0.2, 0) is 21.6 Å². The maximum absolute atomic E-state index is 13.6. The van der Waals surface area contributed by atoms with Crippen LogP contribution >= 0.6 is 0 Å². The molecule has 3 atom stereocenters. The second-order valence-corrected chi connectivity index (χ2v) is 11.8. The molecule has 41 heavy (non-hydrogen) atoms. The monoisotopic (exact) mass is 586 g/mol. The Balaban J connectivity index is 1.33. The molecule has 2 fully saturated rings. The van der Waals surface area contributed by atoms with E-state index in [0.29, 0.717) is 42.9 Å². The average molecular weight is 587 g/mol. The molecular formula is C29H30F2N3O6S-. The van der Waals surface area contributed by atoms with Crippen molar-refractivity contribution in [2.45, 2.75) is 31.5 Å². The van der Waals surface area contributed by atoms with Gasteiger partial charge in [0.1, 0.15) is 17.4 Å². The number of β-lactam (4-membered cyclic amide) rings is 1. The highest BCUT2D eigenvalue weighted by Gasteiger charge is 2.49. The molecule has 2 saturated heterocycles. The molecule has 12 heteroatoms. The summed E-state index contributed by atoms with van der Waals surface area (Å²) in [5.41, 5.74) is 2.28. The Kier molecular flexibility index (Phi) is 8.39. The van der Waals surface area contributed by atoms with Gasteiger partial charge in [0.25, 0.3) is 0 Å². The zero-order chi connectivity index (χ0) is 29.3. The second-order valence-electron chi connectivity index (χ2n) is 10.4. The highest BCUT2D eigenvalue weighted by atomic mass is 32.2. The fraction of sp³-hybridized carbons (Fsp3) is 0.345. The zero-order valence-electron chi connectivity index (χ0n) is 22.1. The Morgan fingerprint density at radius 3 is 2.12 bits per heavy atom. The Bertz CT molecular complexity index is 1500. The first-order valence-electron chi connectivity index (χ1n) is 13.3. The number of halogens is 2. The van der Waals surface area contributed by atoms with E-state index in [2.05, 4.69) is 0 Å². The molecule has 3 aromatic carbocycles. The summed E-state index contributed by atoms with van der Waals surface area (Å²) < 4.78 is 61.5. The fourth-order valence-corrected chi connectivity index (χ4v) is 6.18. The van der Waals surface area contributed by atoms with Gasteiger partial charge in [-0.2, -0.15) is 0 Å². The topological polar surface area (TPSA) is 124 Å². The van der Waals surface area contributed by atoms with Crippen LogP contribution in [0.15, 0.2) is 66.7 Å². The SMILES string of the molecule is O=C1C(CC[C@H](O)c2ccc(F)cc2)[C@@H](c2ccc(CN3CCN(S(=O)(=O)[O-])CC3)cc2O)N1c1ccc(F)cc1.